The molecule has 0 radical (unpaired) electrons. The highest BCUT2D eigenvalue weighted by molar-refractivity contribution is 5.56. The van der Waals surface area contributed by atoms with Crippen LogP contribution in [0.1, 0.15) is 49.7 Å². The Hall–Kier alpha value is -1.02. The van der Waals surface area contributed by atoms with Crippen molar-refractivity contribution < 1.29 is 4.74 Å². The van der Waals surface area contributed by atoms with Gasteiger partial charge in [0.2, 0.25) is 0 Å². The number of rotatable bonds is 3. The largest absolute Gasteiger partial charge is 0.379 e. The van der Waals surface area contributed by atoms with Crippen LogP contribution in [0.15, 0.2) is 18.2 Å². The highest BCUT2D eigenvalue weighted by Gasteiger charge is 2.25. The van der Waals surface area contributed by atoms with E-state index in [4.69, 9.17) is 4.74 Å². The molecule has 0 aromatic heterocycles. The van der Waals surface area contributed by atoms with Gasteiger partial charge in [-0.05, 0) is 55.7 Å². The van der Waals surface area contributed by atoms with Gasteiger partial charge >= 0.3 is 0 Å². The molecule has 2 nitrogen and oxygen atoms in total. The summed E-state index contributed by atoms with van der Waals surface area (Å²) >= 11 is 0. The quantitative estimate of drug-likeness (QED) is 0.888. The van der Waals surface area contributed by atoms with Crippen molar-refractivity contribution in [2.24, 2.45) is 0 Å². The fraction of sp³-hybridized carbons (Fsp3) is 0.647. The third kappa shape index (κ3) is 2.79. The maximum absolute atomic E-state index is 5.66. The molecular formula is C17H25NO. The minimum atomic E-state index is 0.383. The molecule has 0 spiro atoms. The number of benzene rings is 1. The Bertz CT molecular complexity index is 429. The van der Waals surface area contributed by atoms with E-state index in [1.807, 2.05) is 7.11 Å². The lowest BCUT2D eigenvalue weighted by Gasteiger charge is -2.33. The molecule has 2 unspecified atom stereocenters. The predicted molar refractivity (Wildman–Crippen MR) is 79.8 cm³/mol. The van der Waals surface area contributed by atoms with Crippen molar-refractivity contribution in [3.63, 3.8) is 0 Å². The van der Waals surface area contributed by atoms with Crippen LogP contribution >= 0.6 is 0 Å². The standard InChI is InChI=1S/C17H25NO/c1-19-17-12-5-4-10-16(17)18-15-11-6-8-13-7-2-3-9-14(13)15/h6,8,11,16-18H,2-5,7,9-10,12H2,1H3. The maximum atomic E-state index is 5.66. The molecule has 0 bridgehead atoms. The molecule has 0 saturated heterocycles. The Morgan fingerprint density at radius 1 is 1.05 bits per heavy atom. The van der Waals surface area contributed by atoms with Gasteiger partial charge in [-0.2, -0.15) is 0 Å². The van der Waals surface area contributed by atoms with E-state index in [1.165, 1.54) is 57.1 Å². The first kappa shape index (κ1) is 13.0. The molecule has 1 aromatic carbocycles. The van der Waals surface area contributed by atoms with Gasteiger partial charge in [-0.15, -0.1) is 0 Å². The Morgan fingerprint density at radius 3 is 2.79 bits per heavy atom. The summed E-state index contributed by atoms with van der Waals surface area (Å²) in [5.74, 6) is 0. The van der Waals surface area contributed by atoms with Gasteiger partial charge in [0, 0.05) is 12.8 Å². The third-order valence-corrected chi connectivity index (χ3v) is 4.74. The molecule has 19 heavy (non-hydrogen) atoms. The molecule has 1 aromatic rings. The van der Waals surface area contributed by atoms with E-state index in [2.05, 4.69) is 23.5 Å². The highest BCUT2D eigenvalue weighted by atomic mass is 16.5. The van der Waals surface area contributed by atoms with Gasteiger partial charge in [0.25, 0.3) is 0 Å². The molecule has 1 fully saturated rings. The number of anilines is 1. The molecule has 1 saturated carbocycles. The maximum Gasteiger partial charge on any atom is 0.0772 e. The fourth-order valence-corrected chi connectivity index (χ4v) is 3.66. The van der Waals surface area contributed by atoms with Crippen molar-refractivity contribution in [1.29, 1.82) is 0 Å². The van der Waals surface area contributed by atoms with Crippen LogP contribution in [-0.2, 0) is 17.6 Å². The highest BCUT2D eigenvalue weighted by Crippen LogP contribution is 2.31. The van der Waals surface area contributed by atoms with Crippen molar-refractivity contribution >= 4 is 5.69 Å². The topological polar surface area (TPSA) is 21.3 Å². The second-order valence-electron chi connectivity index (χ2n) is 5.96. The van der Waals surface area contributed by atoms with Gasteiger partial charge in [-0.3, -0.25) is 0 Å². The van der Waals surface area contributed by atoms with Crippen LogP contribution in [0.5, 0.6) is 0 Å². The fourth-order valence-electron chi connectivity index (χ4n) is 3.66. The van der Waals surface area contributed by atoms with Gasteiger partial charge in [-0.1, -0.05) is 25.0 Å². The van der Waals surface area contributed by atoms with E-state index in [0.29, 0.717) is 12.1 Å². The van der Waals surface area contributed by atoms with E-state index in [1.54, 1.807) is 11.1 Å². The number of ether oxygens (including phenoxy) is 1. The summed E-state index contributed by atoms with van der Waals surface area (Å²) in [4.78, 5) is 0. The Labute approximate surface area is 116 Å². The lowest BCUT2D eigenvalue weighted by atomic mass is 9.88. The molecule has 2 atom stereocenters. The van der Waals surface area contributed by atoms with E-state index in [-0.39, 0.29) is 0 Å². The Kier molecular flexibility index (Phi) is 4.07. The van der Waals surface area contributed by atoms with E-state index in [0.717, 1.165) is 0 Å². The lowest BCUT2D eigenvalue weighted by Crippen LogP contribution is -2.38. The summed E-state index contributed by atoms with van der Waals surface area (Å²) in [6.07, 6.45) is 10.6. The summed E-state index contributed by atoms with van der Waals surface area (Å²) < 4.78 is 5.66. The number of aryl methyl sites for hydroxylation is 1. The molecule has 2 aliphatic carbocycles. The van der Waals surface area contributed by atoms with E-state index in [9.17, 15) is 0 Å². The summed E-state index contributed by atoms with van der Waals surface area (Å²) in [7, 11) is 1.85. The molecule has 2 aliphatic rings. The number of fused-ring (bicyclic) bond motifs is 1. The molecule has 0 heterocycles. The monoisotopic (exact) mass is 259 g/mol. The number of methoxy groups -OCH3 is 1. The van der Waals surface area contributed by atoms with Gasteiger partial charge in [0.1, 0.15) is 0 Å². The molecule has 104 valence electrons. The van der Waals surface area contributed by atoms with Crippen LogP contribution < -0.4 is 5.32 Å². The van der Waals surface area contributed by atoms with E-state index >= 15 is 0 Å². The van der Waals surface area contributed by atoms with Gasteiger partial charge < -0.3 is 10.1 Å². The van der Waals surface area contributed by atoms with Crippen molar-refractivity contribution in [2.45, 2.75) is 63.5 Å². The zero-order valence-electron chi connectivity index (χ0n) is 12.0. The Morgan fingerprint density at radius 2 is 1.89 bits per heavy atom. The first-order chi connectivity index (χ1) is 9.38. The molecule has 3 rings (SSSR count). The van der Waals surface area contributed by atoms with Crippen LogP contribution in [0.3, 0.4) is 0 Å². The van der Waals surface area contributed by atoms with Gasteiger partial charge in [-0.25, -0.2) is 0 Å². The normalized spacial score (nSPS) is 26.8. The van der Waals surface area contributed by atoms with Crippen LogP contribution in [0.25, 0.3) is 0 Å². The lowest BCUT2D eigenvalue weighted by molar-refractivity contribution is 0.0606. The molecule has 0 amide bonds. The number of hydrogen-bond acceptors (Lipinski definition) is 2. The minimum absolute atomic E-state index is 0.383. The van der Waals surface area contributed by atoms with Crippen molar-refractivity contribution in [3.8, 4) is 0 Å². The van der Waals surface area contributed by atoms with E-state index < -0.39 is 0 Å². The molecular weight excluding hydrogens is 234 g/mol. The van der Waals surface area contributed by atoms with Gasteiger partial charge in [0.15, 0.2) is 0 Å². The van der Waals surface area contributed by atoms with Crippen LogP contribution in [-0.4, -0.2) is 19.3 Å². The number of hydrogen-bond donors (Lipinski definition) is 1. The summed E-state index contributed by atoms with van der Waals surface area (Å²) in [5, 5.41) is 3.78. The van der Waals surface area contributed by atoms with Crippen LogP contribution in [0, 0.1) is 0 Å². The van der Waals surface area contributed by atoms with Crippen molar-refractivity contribution in [2.75, 3.05) is 12.4 Å². The average Bonchev–Trinajstić information content (AvgIpc) is 2.48. The molecule has 0 aliphatic heterocycles. The molecule has 2 heteroatoms. The SMILES string of the molecule is COC1CCCCC1Nc1cccc2c1CCCC2. The summed E-state index contributed by atoms with van der Waals surface area (Å²) in [6, 6.07) is 7.25. The van der Waals surface area contributed by atoms with Crippen LogP contribution in [0.2, 0.25) is 0 Å². The predicted octanol–water partition coefficient (Wildman–Crippen LogP) is 3.93. The Balaban J connectivity index is 1.78. The zero-order valence-corrected chi connectivity index (χ0v) is 12.0. The second-order valence-corrected chi connectivity index (χ2v) is 5.96. The first-order valence-corrected chi connectivity index (χ1v) is 7.78. The summed E-state index contributed by atoms with van der Waals surface area (Å²) in [5.41, 5.74) is 4.49. The van der Waals surface area contributed by atoms with Crippen molar-refractivity contribution in [3.05, 3.63) is 29.3 Å². The first-order valence-electron chi connectivity index (χ1n) is 7.78. The van der Waals surface area contributed by atoms with Gasteiger partial charge in [0.05, 0.1) is 12.1 Å². The zero-order chi connectivity index (χ0) is 13.1. The molecule has 1 N–H and O–H groups in total. The van der Waals surface area contributed by atoms with Crippen LogP contribution in [0.4, 0.5) is 5.69 Å². The third-order valence-electron chi connectivity index (χ3n) is 4.74. The number of nitrogens with one attached hydrogen (secondary N) is 1. The average molecular weight is 259 g/mol. The smallest absolute Gasteiger partial charge is 0.0772 e. The minimum Gasteiger partial charge on any atom is -0.379 e. The summed E-state index contributed by atoms with van der Waals surface area (Å²) in [6.45, 7) is 0. The second kappa shape index (κ2) is 5.96. The van der Waals surface area contributed by atoms with Crippen molar-refractivity contribution in [1.82, 2.24) is 0 Å².